The molecule has 0 spiro atoms. The molecule has 0 aliphatic carbocycles. The van der Waals surface area contributed by atoms with Crippen molar-refractivity contribution in [1.29, 1.82) is 0 Å². The first-order chi connectivity index (χ1) is 9.13. The van der Waals surface area contributed by atoms with Gasteiger partial charge in [0.2, 0.25) is 0 Å². The molecule has 19 heavy (non-hydrogen) atoms. The lowest BCUT2D eigenvalue weighted by molar-refractivity contribution is 0.476. The predicted molar refractivity (Wildman–Crippen MR) is 80.2 cm³/mol. The zero-order valence-electron chi connectivity index (χ0n) is 10.6. The second-order valence-electron chi connectivity index (χ2n) is 4.17. The molecule has 0 aliphatic rings. The molecule has 0 saturated carbocycles. The summed E-state index contributed by atoms with van der Waals surface area (Å²) in [5, 5.41) is 1.41. The van der Waals surface area contributed by atoms with E-state index in [2.05, 4.69) is 6.92 Å². The summed E-state index contributed by atoms with van der Waals surface area (Å²) in [7, 11) is 0. The van der Waals surface area contributed by atoms with Crippen molar-refractivity contribution in [3.8, 4) is 11.5 Å². The first-order valence-corrected chi connectivity index (χ1v) is 6.84. The number of rotatable bonds is 4. The summed E-state index contributed by atoms with van der Waals surface area (Å²) in [5.74, 6) is 1.47. The van der Waals surface area contributed by atoms with E-state index in [0.717, 1.165) is 34.1 Å². The van der Waals surface area contributed by atoms with Gasteiger partial charge in [0.05, 0.1) is 0 Å². The lowest BCUT2D eigenvalue weighted by Crippen LogP contribution is -1.99. The third-order valence-electron chi connectivity index (χ3n) is 2.87. The third kappa shape index (κ3) is 3.41. The van der Waals surface area contributed by atoms with Gasteiger partial charge >= 0.3 is 0 Å². The van der Waals surface area contributed by atoms with Gasteiger partial charge < -0.3 is 10.5 Å². The molecule has 2 nitrogen and oxygen atoms in total. The highest BCUT2D eigenvalue weighted by Gasteiger charge is 2.06. The van der Waals surface area contributed by atoms with E-state index in [1.165, 1.54) is 0 Å². The summed E-state index contributed by atoms with van der Waals surface area (Å²) in [5.41, 5.74) is 7.63. The van der Waals surface area contributed by atoms with Crippen molar-refractivity contribution in [3.63, 3.8) is 0 Å². The second kappa shape index (κ2) is 6.29. The van der Waals surface area contributed by atoms with Crippen LogP contribution in [0.3, 0.4) is 0 Å². The van der Waals surface area contributed by atoms with Gasteiger partial charge in [-0.1, -0.05) is 30.1 Å². The smallest absolute Gasteiger partial charge is 0.132 e. The number of halogens is 2. The zero-order chi connectivity index (χ0) is 13.8. The highest BCUT2D eigenvalue weighted by Crippen LogP contribution is 2.30. The van der Waals surface area contributed by atoms with Crippen LogP contribution in [0.5, 0.6) is 11.5 Å². The van der Waals surface area contributed by atoms with Gasteiger partial charge in [0.25, 0.3) is 0 Å². The summed E-state index contributed by atoms with van der Waals surface area (Å²) in [6.07, 6.45) is 0.862. The fourth-order valence-corrected chi connectivity index (χ4v) is 2.27. The lowest BCUT2D eigenvalue weighted by atomic mass is 10.1. The van der Waals surface area contributed by atoms with Crippen LogP contribution in [0.15, 0.2) is 36.4 Å². The summed E-state index contributed by atoms with van der Waals surface area (Å²) in [6.45, 7) is 2.43. The fourth-order valence-electron chi connectivity index (χ4n) is 1.82. The first-order valence-electron chi connectivity index (χ1n) is 6.08. The van der Waals surface area contributed by atoms with Crippen molar-refractivity contribution >= 4 is 23.2 Å². The van der Waals surface area contributed by atoms with E-state index < -0.39 is 0 Å². The van der Waals surface area contributed by atoms with Crippen molar-refractivity contribution in [1.82, 2.24) is 0 Å². The van der Waals surface area contributed by atoms with E-state index in [0.29, 0.717) is 11.6 Å². The maximum Gasteiger partial charge on any atom is 0.132 e. The average Bonchev–Trinajstić information content (AvgIpc) is 2.42. The molecular formula is C15H15Cl2NO. The lowest BCUT2D eigenvalue weighted by Gasteiger charge is -2.12. The van der Waals surface area contributed by atoms with Gasteiger partial charge in [-0.15, -0.1) is 0 Å². The zero-order valence-corrected chi connectivity index (χ0v) is 12.1. The Balaban J connectivity index is 2.30. The van der Waals surface area contributed by atoms with Crippen molar-refractivity contribution < 1.29 is 4.74 Å². The number of hydrogen-bond donors (Lipinski definition) is 1. The normalized spacial score (nSPS) is 10.5. The average molecular weight is 296 g/mol. The Kier molecular flexibility index (Phi) is 4.70. The molecule has 0 aromatic heterocycles. The molecule has 0 aliphatic heterocycles. The minimum atomic E-state index is 0.379. The summed E-state index contributed by atoms with van der Waals surface area (Å²) < 4.78 is 5.86. The molecular weight excluding hydrogens is 281 g/mol. The summed E-state index contributed by atoms with van der Waals surface area (Å²) in [4.78, 5) is 0. The quantitative estimate of drug-likeness (QED) is 0.879. The van der Waals surface area contributed by atoms with Crippen LogP contribution >= 0.6 is 23.2 Å². The summed E-state index contributed by atoms with van der Waals surface area (Å²) in [6, 6.07) is 11.0. The summed E-state index contributed by atoms with van der Waals surface area (Å²) >= 11 is 12.0. The van der Waals surface area contributed by atoms with Gasteiger partial charge in [0.15, 0.2) is 0 Å². The maximum absolute atomic E-state index is 6.09. The van der Waals surface area contributed by atoms with Crippen LogP contribution in [0.4, 0.5) is 0 Å². The van der Waals surface area contributed by atoms with Crippen molar-refractivity contribution in [2.24, 2.45) is 5.73 Å². The molecule has 100 valence electrons. The minimum Gasteiger partial charge on any atom is -0.457 e. The molecule has 4 heteroatoms. The van der Waals surface area contributed by atoms with E-state index in [1.807, 2.05) is 30.3 Å². The van der Waals surface area contributed by atoms with E-state index >= 15 is 0 Å². The van der Waals surface area contributed by atoms with Crippen LogP contribution in [0, 0.1) is 0 Å². The number of nitrogens with two attached hydrogens (primary N) is 1. The monoisotopic (exact) mass is 295 g/mol. The number of aryl methyl sites for hydroxylation is 1. The predicted octanol–water partition coefficient (Wildman–Crippen LogP) is 4.81. The van der Waals surface area contributed by atoms with Crippen molar-refractivity contribution in [3.05, 3.63) is 57.6 Å². The molecule has 2 aromatic carbocycles. The largest absolute Gasteiger partial charge is 0.457 e. The highest BCUT2D eigenvalue weighted by atomic mass is 35.5. The molecule has 0 saturated heterocycles. The van der Waals surface area contributed by atoms with Crippen LogP contribution in [0.25, 0.3) is 0 Å². The second-order valence-corrected chi connectivity index (χ2v) is 5.01. The van der Waals surface area contributed by atoms with Gasteiger partial charge in [-0.3, -0.25) is 0 Å². The van der Waals surface area contributed by atoms with E-state index in [1.54, 1.807) is 6.07 Å². The Morgan fingerprint density at radius 2 is 1.84 bits per heavy atom. The van der Waals surface area contributed by atoms with Gasteiger partial charge in [0, 0.05) is 22.2 Å². The standard InChI is InChI=1S/C15H15Cl2NO/c1-2-10-8-13(4-5-14(10)17)19-15-6-3-12(16)7-11(15)9-18/h3-8H,2,9,18H2,1H3. The molecule has 0 radical (unpaired) electrons. The third-order valence-corrected chi connectivity index (χ3v) is 3.47. The number of ether oxygens (including phenoxy) is 1. The van der Waals surface area contributed by atoms with Crippen LogP contribution in [0.2, 0.25) is 10.0 Å². The molecule has 0 amide bonds. The Morgan fingerprint density at radius 1 is 1.05 bits per heavy atom. The van der Waals surface area contributed by atoms with E-state index in [4.69, 9.17) is 33.7 Å². The van der Waals surface area contributed by atoms with Gasteiger partial charge in [0.1, 0.15) is 11.5 Å². The van der Waals surface area contributed by atoms with Crippen molar-refractivity contribution in [2.45, 2.75) is 19.9 Å². The Hall–Kier alpha value is -1.22. The molecule has 0 atom stereocenters. The van der Waals surface area contributed by atoms with E-state index in [9.17, 15) is 0 Å². The Morgan fingerprint density at radius 3 is 2.53 bits per heavy atom. The van der Waals surface area contributed by atoms with Gasteiger partial charge in [-0.05, 0) is 48.4 Å². The molecule has 2 aromatic rings. The maximum atomic E-state index is 6.09. The molecule has 0 bridgehead atoms. The molecule has 0 unspecified atom stereocenters. The van der Waals surface area contributed by atoms with Crippen LogP contribution in [0.1, 0.15) is 18.1 Å². The van der Waals surface area contributed by atoms with Crippen LogP contribution < -0.4 is 10.5 Å². The fraction of sp³-hybridized carbons (Fsp3) is 0.200. The number of hydrogen-bond acceptors (Lipinski definition) is 2. The van der Waals surface area contributed by atoms with Gasteiger partial charge in [-0.2, -0.15) is 0 Å². The van der Waals surface area contributed by atoms with Crippen LogP contribution in [-0.4, -0.2) is 0 Å². The highest BCUT2D eigenvalue weighted by molar-refractivity contribution is 6.31. The SMILES string of the molecule is CCc1cc(Oc2ccc(Cl)cc2CN)ccc1Cl. The molecule has 2 N–H and O–H groups in total. The molecule has 2 rings (SSSR count). The number of benzene rings is 2. The van der Waals surface area contributed by atoms with Crippen molar-refractivity contribution in [2.75, 3.05) is 0 Å². The Bertz CT molecular complexity index is 584. The molecule has 0 fully saturated rings. The van der Waals surface area contributed by atoms with Gasteiger partial charge in [-0.25, -0.2) is 0 Å². The molecule has 0 heterocycles. The van der Waals surface area contributed by atoms with Crippen LogP contribution in [-0.2, 0) is 13.0 Å². The minimum absolute atomic E-state index is 0.379. The topological polar surface area (TPSA) is 35.2 Å². The first kappa shape index (κ1) is 14.2. The van der Waals surface area contributed by atoms with E-state index in [-0.39, 0.29) is 0 Å². The Labute approximate surface area is 123 Å².